The third-order valence-electron chi connectivity index (χ3n) is 5.24. The average molecular weight is 494 g/mol. The van der Waals surface area contributed by atoms with E-state index in [1.54, 1.807) is 24.3 Å². The zero-order valence-corrected chi connectivity index (χ0v) is 20.5. The zero-order chi connectivity index (χ0) is 24.2. The Labute approximate surface area is 204 Å². The van der Waals surface area contributed by atoms with Crippen LogP contribution in [0, 0.1) is 0 Å². The molecule has 2 N–H and O–H groups in total. The number of ether oxygens (including phenoxy) is 1. The van der Waals surface area contributed by atoms with Gasteiger partial charge in [0.05, 0.1) is 23.8 Å². The van der Waals surface area contributed by atoms with Crippen LogP contribution in [-0.2, 0) is 9.53 Å². The van der Waals surface area contributed by atoms with Gasteiger partial charge in [-0.15, -0.1) is 11.3 Å². The number of methoxy groups -OCH3 is 1. The van der Waals surface area contributed by atoms with Crippen molar-refractivity contribution >= 4 is 50.9 Å². The third kappa shape index (κ3) is 5.21. The van der Waals surface area contributed by atoms with Gasteiger partial charge < -0.3 is 15.0 Å². The minimum atomic E-state index is -0.442. The molecule has 0 spiro atoms. The molecule has 0 fully saturated rings. The molecule has 0 atom stereocenters. The second-order valence-corrected chi connectivity index (χ2v) is 9.71. The molecular weight excluding hydrogens is 470 g/mol. The maximum absolute atomic E-state index is 12.8. The fourth-order valence-electron chi connectivity index (χ4n) is 3.40. The second kappa shape index (κ2) is 10.2. The Morgan fingerprint density at radius 2 is 1.82 bits per heavy atom. The summed E-state index contributed by atoms with van der Waals surface area (Å²) in [5.74, 6) is -0.185. The van der Waals surface area contributed by atoms with Gasteiger partial charge in [0.25, 0.3) is 5.56 Å². The van der Waals surface area contributed by atoms with Crippen molar-refractivity contribution in [3.63, 3.8) is 0 Å². The number of nitrogens with zero attached hydrogens (tertiary/aromatic N) is 1. The highest BCUT2D eigenvalue weighted by Crippen LogP contribution is 2.32. The highest BCUT2D eigenvalue weighted by molar-refractivity contribution is 7.99. The maximum Gasteiger partial charge on any atom is 0.337 e. The number of rotatable bonds is 7. The monoisotopic (exact) mass is 493 g/mol. The number of aromatic amines is 1. The third-order valence-corrected chi connectivity index (χ3v) is 6.99. The van der Waals surface area contributed by atoms with Crippen LogP contribution in [0.25, 0.3) is 21.3 Å². The average Bonchev–Trinajstić information content (AvgIpc) is 3.27. The minimum Gasteiger partial charge on any atom is -0.465 e. The Hall–Kier alpha value is -3.43. The Morgan fingerprint density at radius 1 is 1.12 bits per heavy atom. The zero-order valence-electron chi connectivity index (χ0n) is 18.9. The number of carbonyl (C=O) groups is 2. The molecule has 34 heavy (non-hydrogen) atoms. The van der Waals surface area contributed by atoms with Crippen LogP contribution in [0.15, 0.2) is 63.9 Å². The summed E-state index contributed by atoms with van der Waals surface area (Å²) >= 11 is 2.56. The van der Waals surface area contributed by atoms with Crippen LogP contribution in [-0.4, -0.2) is 34.7 Å². The van der Waals surface area contributed by atoms with Gasteiger partial charge in [-0.05, 0) is 41.3 Å². The van der Waals surface area contributed by atoms with Gasteiger partial charge in [0.1, 0.15) is 4.83 Å². The summed E-state index contributed by atoms with van der Waals surface area (Å²) in [7, 11) is 1.31. The lowest BCUT2D eigenvalue weighted by Crippen LogP contribution is -2.15. The summed E-state index contributed by atoms with van der Waals surface area (Å²) in [6.45, 7) is 4.29. The van der Waals surface area contributed by atoms with Gasteiger partial charge in [0.2, 0.25) is 5.91 Å². The molecule has 174 valence electrons. The van der Waals surface area contributed by atoms with Gasteiger partial charge in [-0.25, -0.2) is 9.78 Å². The molecule has 0 radical (unpaired) electrons. The van der Waals surface area contributed by atoms with E-state index in [1.165, 1.54) is 24.0 Å². The molecule has 0 bridgehead atoms. The standard InChI is InChI=1S/C25H23N3O4S2/c1-14(2)15-4-6-16(7-5-15)19-12-33-23-21(19)22(30)27-25(28-23)34-13-20(29)26-18-10-8-17(9-11-18)24(31)32-3/h4-12,14H,13H2,1-3H3,(H,26,29)(H,27,28,30). The molecule has 0 aliphatic heterocycles. The molecular formula is C25H23N3O4S2. The number of aromatic nitrogens is 2. The molecule has 4 aromatic rings. The van der Waals surface area contributed by atoms with Crippen molar-refractivity contribution in [2.45, 2.75) is 24.9 Å². The van der Waals surface area contributed by atoms with Gasteiger partial charge in [-0.3, -0.25) is 9.59 Å². The van der Waals surface area contributed by atoms with Crippen LogP contribution in [0.1, 0.15) is 35.7 Å². The highest BCUT2D eigenvalue weighted by Gasteiger charge is 2.14. The first-order chi connectivity index (χ1) is 16.4. The van der Waals surface area contributed by atoms with Crippen molar-refractivity contribution in [3.05, 3.63) is 75.4 Å². The molecule has 0 aliphatic rings. The predicted octanol–water partition coefficient (Wildman–Crippen LogP) is 5.29. The fourth-order valence-corrected chi connectivity index (χ4v) is 5.06. The number of hydrogen-bond donors (Lipinski definition) is 2. The van der Waals surface area contributed by atoms with Gasteiger partial charge in [-0.2, -0.15) is 0 Å². The van der Waals surface area contributed by atoms with E-state index >= 15 is 0 Å². The van der Waals surface area contributed by atoms with Crippen LogP contribution in [0.4, 0.5) is 5.69 Å². The summed E-state index contributed by atoms with van der Waals surface area (Å²) in [6.07, 6.45) is 0. The van der Waals surface area contributed by atoms with Crippen molar-refractivity contribution in [2.75, 3.05) is 18.2 Å². The number of thiophene rings is 1. The van der Waals surface area contributed by atoms with E-state index in [9.17, 15) is 14.4 Å². The number of H-pyrrole nitrogens is 1. The molecule has 0 unspecified atom stereocenters. The summed E-state index contributed by atoms with van der Waals surface area (Å²) in [6, 6.07) is 14.6. The molecule has 2 aromatic carbocycles. The first-order valence-corrected chi connectivity index (χ1v) is 12.4. The molecule has 2 heterocycles. The molecule has 0 saturated carbocycles. The van der Waals surface area contributed by atoms with Gasteiger partial charge in [-0.1, -0.05) is 49.9 Å². The fraction of sp³-hybridized carbons (Fsp3) is 0.200. The number of fused-ring (bicyclic) bond motifs is 1. The Morgan fingerprint density at radius 3 is 2.47 bits per heavy atom. The van der Waals surface area contributed by atoms with E-state index in [-0.39, 0.29) is 17.2 Å². The molecule has 1 amide bonds. The second-order valence-electron chi connectivity index (χ2n) is 7.88. The quantitative estimate of drug-likeness (QED) is 0.206. The lowest BCUT2D eigenvalue weighted by atomic mass is 9.99. The smallest absolute Gasteiger partial charge is 0.337 e. The molecule has 2 aromatic heterocycles. The van der Waals surface area contributed by atoms with Crippen molar-refractivity contribution in [2.24, 2.45) is 0 Å². The van der Waals surface area contributed by atoms with Crippen LogP contribution in [0.5, 0.6) is 0 Å². The lowest BCUT2D eigenvalue weighted by molar-refractivity contribution is -0.113. The van der Waals surface area contributed by atoms with Crippen LogP contribution in [0.3, 0.4) is 0 Å². The number of anilines is 1. The first kappa shape index (κ1) is 23.7. The molecule has 4 rings (SSSR count). The van der Waals surface area contributed by atoms with E-state index in [1.807, 2.05) is 17.5 Å². The number of nitrogens with one attached hydrogen (secondary N) is 2. The number of hydrogen-bond acceptors (Lipinski definition) is 7. The number of benzene rings is 2. The van der Waals surface area contributed by atoms with Gasteiger partial charge in [0, 0.05) is 16.6 Å². The minimum absolute atomic E-state index is 0.0715. The van der Waals surface area contributed by atoms with Crippen molar-refractivity contribution in [1.82, 2.24) is 9.97 Å². The largest absolute Gasteiger partial charge is 0.465 e. The maximum atomic E-state index is 12.8. The van der Waals surface area contributed by atoms with E-state index < -0.39 is 5.97 Å². The Bertz CT molecular complexity index is 1390. The van der Waals surface area contributed by atoms with Gasteiger partial charge in [0.15, 0.2) is 5.16 Å². The molecule has 7 nitrogen and oxygen atoms in total. The summed E-state index contributed by atoms with van der Waals surface area (Å²) in [5.41, 5.74) is 3.80. The number of carbonyl (C=O) groups excluding carboxylic acids is 2. The number of amides is 1. The van der Waals surface area contributed by atoms with Gasteiger partial charge >= 0.3 is 5.97 Å². The van der Waals surface area contributed by atoms with Crippen LogP contribution < -0.4 is 10.9 Å². The first-order valence-electron chi connectivity index (χ1n) is 10.6. The highest BCUT2D eigenvalue weighted by atomic mass is 32.2. The van der Waals surface area contributed by atoms with E-state index in [4.69, 9.17) is 0 Å². The summed E-state index contributed by atoms with van der Waals surface area (Å²) < 4.78 is 4.66. The number of thioether (sulfide) groups is 1. The topological polar surface area (TPSA) is 101 Å². The SMILES string of the molecule is COC(=O)c1ccc(NC(=O)CSc2nc3scc(-c4ccc(C(C)C)cc4)c3c(=O)[nH]2)cc1. The van der Waals surface area contributed by atoms with E-state index in [0.717, 1.165) is 22.9 Å². The predicted molar refractivity (Wildman–Crippen MR) is 137 cm³/mol. The Balaban J connectivity index is 1.44. The van der Waals surface area contributed by atoms with Crippen LogP contribution >= 0.6 is 23.1 Å². The summed E-state index contributed by atoms with van der Waals surface area (Å²) in [5, 5.41) is 5.64. The molecule has 9 heteroatoms. The van der Waals surface area contributed by atoms with Crippen molar-refractivity contribution < 1.29 is 14.3 Å². The lowest BCUT2D eigenvalue weighted by Gasteiger charge is -2.07. The van der Waals surface area contributed by atoms with Crippen molar-refractivity contribution in [3.8, 4) is 11.1 Å². The van der Waals surface area contributed by atoms with E-state index in [2.05, 4.69) is 46.0 Å². The molecule has 0 saturated heterocycles. The van der Waals surface area contributed by atoms with E-state index in [0.29, 0.717) is 32.5 Å². The van der Waals surface area contributed by atoms with Crippen molar-refractivity contribution in [1.29, 1.82) is 0 Å². The normalized spacial score (nSPS) is 11.1. The summed E-state index contributed by atoms with van der Waals surface area (Å²) in [4.78, 5) is 44.6. The molecule has 0 aliphatic carbocycles. The number of esters is 1. The Kier molecular flexibility index (Phi) is 7.14. The van der Waals surface area contributed by atoms with Crippen LogP contribution in [0.2, 0.25) is 0 Å².